The van der Waals surface area contributed by atoms with Crippen LogP contribution in [-0.4, -0.2) is 30.9 Å². The number of furan rings is 1. The predicted molar refractivity (Wildman–Crippen MR) is 103 cm³/mol. The molecule has 142 valence electrons. The van der Waals surface area contributed by atoms with Gasteiger partial charge in [0.25, 0.3) is 11.8 Å². The number of hydrogen-bond acceptors (Lipinski definition) is 5. The van der Waals surface area contributed by atoms with Gasteiger partial charge >= 0.3 is 5.97 Å². The number of rotatable bonds is 7. The Labute approximate surface area is 161 Å². The number of carbonyl (C=O) groups is 3. The van der Waals surface area contributed by atoms with Gasteiger partial charge in [-0.1, -0.05) is 42.5 Å². The lowest BCUT2D eigenvalue weighted by Gasteiger charge is -2.08. The van der Waals surface area contributed by atoms with Crippen molar-refractivity contribution in [2.75, 3.05) is 18.5 Å². The van der Waals surface area contributed by atoms with Crippen molar-refractivity contribution in [1.82, 2.24) is 5.32 Å². The molecule has 1 aromatic heterocycles. The molecular formula is C21H18N2O5. The molecule has 2 amide bonds. The highest BCUT2D eigenvalue weighted by Crippen LogP contribution is 2.20. The van der Waals surface area contributed by atoms with Gasteiger partial charge < -0.3 is 19.8 Å². The predicted octanol–water partition coefficient (Wildman–Crippen LogP) is 2.86. The molecule has 0 aliphatic rings. The summed E-state index contributed by atoms with van der Waals surface area (Å²) in [6.45, 7) is -0.811. The van der Waals surface area contributed by atoms with E-state index in [9.17, 15) is 14.4 Å². The van der Waals surface area contributed by atoms with Crippen LogP contribution in [-0.2, 0) is 14.3 Å². The standard InChI is InChI=1S/C21H18N2O5/c24-19(14-28-20(25)13-22-21(26)18-7-4-12-27-18)23-17-10-8-16(9-11-17)15-5-2-1-3-6-15/h1-12H,13-14H2,(H,22,26)(H,23,24). The van der Waals surface area contributed by atoms with Crippen molar-refractivity contribution in [3.05, 3.63) is 78.8 Å². The number of esters is 1. The summed E-state index contributed by atoms with van der Waals surface area (Å²) in [5.74, 6) is -1.65. The van der Waals surface area contributed by atoms with E-state index in [0.717, 1.165) is 11.1 Å². The Morgan fingerprint density at radius 3 is 2.25 bits per heavy atom. The Morgan fingerprint density at radius 2 is 1.57 bits per heavy atom. The zero-order valence-electron chi connectivity index (χ0n) is 14.9. The largest absolute Gasteiger partial charge is 0.459 e. The maximum Gasteiger partial charge on any atom is 0.325 e. The van der Waals surface area contributed by atoms with Crippen molar-refractivity contribution in [1.29, 1.82) is 0 Å². The maximum atomic E-state index is 11.9. The van der Waals surface area contributed by atoms with E-state index < -0.39 is 24.4 Å². The highest BCUT2D eigenvalue weighted by Gasteiger charge is 2.12. The molecule has 2 aromatic carbocycles. The second kappa shape index (κ2) is 9.18. The minimum absolute atomic E-state index is 0.0875. The fourth-order valence-electron chi connectivity index (χ4n) is 2.42. The van der Waals surface area contributed by atoms with Gasteiger partial charge in [0.15, 0.2) is 12.4 Å². The molecular weight excluding hydrogens is 360 g/mol. The van der Waals surface area contributed by atoms with Gasteiger partial charge in [-0.25, -0.2) is 0 Å². The van der Waals surface area contributed by atoms with E-state index in [1.165, 1.54) is 12.3 Å². The molecule has 3 aromatic rings. The van der Waals surface area contributed by atoms with E-state index in [1.807, 2.05) is 42.5 Å². The van der Waals surface area contributed by atoms with E-state index in [1.54, 1.807) is 18.2 Å². The topological polar surface area (TPSA) is 97.6 Å². The van der Waals surface area contributed by atoms with Gasteiger partial charge in [0.1, 0.15) is 6.54 Å². The van der Waals surface area contributed by atoms with Crippen molar-refractivity contribution in [2.45, 2.75) is 0 Å². The summed E-state index contributed by atoms with van der Waals surface area (Å²) in [7, 11) is 0. The molecule has 1 heterocycles. The van der Waals surface area contributed by atoms with Crippen molar-refractivity contribution in [3.63, 3.8) is 0 Å². The quantitative estimate of drug-likeness (QED) is 0.616. The van der Waals surface area contributed by atoms with E-state index in [-0.39, 0.29) is 12.3 Å². The van der Waals surface area contributed by atoms with Crippen LogP contribution in [0.2, 0.25) is 0 Å². The Kier molecular flexibility index (Phi) is 6.20. The Morgan fingerprint density at radius 1 is 0.857 bits per heavy atom. The molecule has 0 aliphatic heterocycles. The zero-order chi connectivity index (χ0) is 19.8. The van der Waals surface area contributed by atoms with Crippen LogP contribution < -0.4 is 10.6 Å². The Bertz CT molecular complexity index is 935. The molecule has 2 N–H and O–H groups in total. The summed E-state index contributed by atoms with van der Waals surface area (Å²) in [4.78, 5) is 35.2. The molecule has 7 nitrogen and oxygen atoms in total. The van der Waals surface area contributed by atoms with E-state index in [2.05, 4.69) is 10.6 Å². The SMILES string of the molecule is O=C(COC(=O)CNC(=O)c1ccco1)Nc1ccc(-c2ccccc2)cc1. The van der Waals surface area contributed by atoms with Crippen LogP contribution in [0.5, 0.6) is 0 Å². The minimum atomic E-state index is -0.727. The fourth-order valence-corrected chi connectivity index (χ4v) is 2.42. The molecule has 0 atom stereocenters. The second-order valence-corrected chi connectivity index (χ2v) is 5.81. The second-order valence-electron chi connectivity index (χ2n) is 5.81. The lowest BCUT2D eigenvalue weighted by atomic mass is 10.1. The summed E-state index contributed by atoms with van der Waals surface area (Å²) >= 11 is 0. The number of amides is 2. The monoisotopic (exact) mass is 378 g/mol. The van der Waals surface area contributed by atoms with Crippen LogP contribution in [0.15, 0.2) is 77.4 Å². The van der Waals surface area contributed by atoms with Crippen LogP contribution >= 0.6 is 0 Å². The van der Waals surface area contributed by atoms with Crippen LogP contribution in [0, 0.1) is 0 Å². The van der Waals surface area contributed by atoms with Crippen molar-refractivity contribution in [3.8, 4) is 11.1 Å². The molecule has 0 saturated heterocycles. The van der Waals surface area contributed by atoms with Crippen LogP contribution in [0.3, 0.4) is 0 Å². The third-order valence-corrected chi connectivity index (χ3v) is 3.78. The van der Waals surface area contributed by atoms with Gasteiger partial charge in [-0.2, -0.15) is 0 Å². The molecule has 28 heavy (non-hydrogen) atoms. The van der Waals surface area contributed by atoms with Gasteiger partial charge in [-0.15, -0.1) is 0 Å². The summed E-state index contributed by atoms with van der Waals surface area (Å²) in [5.41, 5.74) is 2.69. The average Bonchev–Trinajstić information content (AvgIpc) is 3.27. The molecule has 7 heteroatoms. The van der Waals surface area contributed by atoms with Gasteiger partial charge in [0.2, 0.25) is 0 Å². The van der Waals surface area contributed by atoms with E-state index in [4.69, 9.17) is 9.15 Å². The van der Waals surface area contributed by atoms with E-state index in [0.29, 0.717) is 5.69 Å². The molecule has 0 spiro atoms. The van der Waals surface area contributed by atoms with Crippen molar-refractivity contribution in [2.24, 2.45) is 0 Å². The molecule has 0 unspecified atom stereocenters. The molecule has 0 fully saturated rings. The first-order chi connectivity index (χ1) is 13.6. The average molecular weight is 378 g/mol. The summed E-state index contributed by atoms with van der Waals surface area (Å²) < 4.78 is 9.74. The van der Waals surface area contributed by atoms with Crippen LogP contribution in [0.1, 0.15) is 10.6 Å². The third-order valence-electron chi connectivity index (χ3n) is 3.78. The lowest BCUT2D eigenvalue weighted by molar-refractivity contribution is -0.146. The number of carbonyl (C=O) groups excluding carboxylic acids is 3. The smallest absolute Gasteiger partial charge is 0.325 e. The van der Waals surface area contributed by atoms with Crippen LogP contribution in [0.4, 0.5) is 5.69 Å². The molecule has 0 saturated carbocycles. The van der Waals surface area contributed by atoms with Gasteiger partial charge in [0.05, 0.1) is 6.26 Å². The highest BCUT2D eigenvalue weighted by molar-refractivity contribution is 5.95. The zero-order valence-corrected chi connectivity index (χ0v) is 14.9. The summed E-state index contributed by atoms with van der Waals surface area (Å²) in [5, 5.41) is 4.99. The summed E-state index contributed by atoms with van der Waals surface area (Å²) in [6.07, 6.45) is 1.35. The van der Waals surface area contributed by atoms with E-state index >= 15 is 0 Å². The lowest BCUT2D eigenvalue weighted by Crippen LogP contribution is -2.32. The molecule has 0 radical (unpaired) electrons. The number of hydrogen-bond donors (Lipinski definition) is 2. The number of ether oxygens (including phenoxy) is 1. The Hall–Kier alpha value is -3.87. The first-order valence-corrected chi connectivity index (χ1v) is 8.54. The molecule has 3 rings (SSSR count). The van der Waals surface area contributed by atoms with Crippen molar-refractivity contribution >= 4 is 23.5 Å². The van der Waals surface area contributed by atoms with Gasteiger partial charge in [0, 0.05) is 5.69 Å². The third kappa shape index (κ3) is 5.31. The van der Waals surface area contributed by atoms with Gasteiger partial charge in [-0.3, -0.25) is 14.4 Å². The minimum Gasteiger partial charge on any atom is -0.459 e. The number of anilines is 1. The number of benzene rings is 2. The normalized spacial score (nSPS) is 10.1. The van der Waals surface area contributed by atoms with Crippen molar-refractivity contribution < 1.29 is 23.5 Å². The fraction of sp³-hybridized carbons (Fsp3) is 0.0952. The summed E-state index contributed by atoms with van der Waals surface area (Å²) in [6, 6.07) is 20.2. The van der Waals surface area contributed by atoms with Gasteiger partial charge in [-0.05, 0) is 35.4 Å². The first kappa shape index (κ1) is 18.9. The molecule has 0 aliphatic carbocycles. The maximum absolute atomic E-state index is 11.9. The number of nitrogens with one attached hydrogen (secondary N) is 2. The highest BCUT2D eigenvalue weighted by atomic mass is 16.5. The first-order valence-electron chi connectivity index (χ1n) is 8.54. The van der Waals surface area contributed by atoms with Crippen LogP contribution in [0.25, 0.3) is 11.1 Å². The molecule has 0 bridgehead atoms. The Balaban J connectivity index is 1.41.